The first-order chi connectivity index (χ1) is 14.0. The van der Waals surface area contributed by atoms with Gasteiger partial charge in [0, 0.05) is 56.8 Å². The highest BCUT2D eigenvalue weighted by molar-refractivity contribution is 5.91. The molecule has 0 amide bonds. The predicted molar refractivity (Wildman–Crippen MR) is 102 cm³/mol. The number of hydrogen-bond acceptors (Lipinski definition) is 8. The number of rotatable bonds is 5. The summed E-state index contributed by atoms with van der Waals surface area (Å²) in [4.78, 5) is 28.1. The van der Waals surface area contributed by atoms with Crippen LogP contribution in [0.4, 0.5) is 4.39 Å². The Bertz CT molecular complexity index is 843. The van der Waals surface area contributed by atoms with Gasteiger partial charge in [-0.3, -0.25) is 0 Å². The molecule has 1 saturated heterocycles. The molecule has 0 saturated carbocycles. The smallest absolute Gasteiger partial charge is 0.349 e. The number of nitrogens with zero attached hydrogens (tertiary/aromatic N) is 2. The number of aromatic nitrogens is 1. The minimum absolute atomic E-state index is 0.145. The molecular formula is C20H25FN2O6. The van der Waals surface area contributed by atoms with E-state index in [-0.39, 0.29) is 18.3 Å². The van der Waals surface area contributed by atoms with Crippen LogP contribution in [0.2, 0.25) is 0 Å². The maximum absolute atomic E-state index is 13.2. The van der Waals surface area contributed by atoms with Gasteiger partial charge in [-0.25, -0.2) is 14.0 Å². The molecule has 158 valence electrons. The summed E-state index contributed by atoms with van der Waals surface area (Å²) in [5.41, 5.74) is 1.23. The zero-order valence-corrected chi connectivity index (χ0v) is 16.7. The van der Waals surface area contributed by atoms with Crippen molar-refractivity contribution in [1.29, 1.82) is 0 Å². The number of benzene rings is 1. The van der Waals surface area contributed by atoms with Gasteiger partial charge in [0.2, 0.25) is 0 Å². The molecule has 9 heteroatoms. The Balaban J connectivity index is 0.000000941. The van der Waals surface area contributed by atoms with Gasteiger partial charge in [0.1, 0.15) is 5.82 Å². The van der Waals surface area contributed by atoms with Crippen LogP contribution in [-0.4, -0.2) is 56.1 Å². The second-order valence-corrected chi connectivity index (χ2v) is 6.32. The lowest BCUT2D eigenvalue weighted by molar-refractivity contribution is -0.189. The number of hydrogen-bond donors (Lipinski definition) is 0. The van der Waals surface area contributed by atoms with Crippen molar-refractivity contribution in [2.24, 2.45) is 0 Å². The van der Waals surface area contributed by atoms with Crippen molar-refractivity contribution >= 4 is 22.9 Å². The van der Waals surface area contributed by atoms with Crippen LogP contribution in [0.3, 0.4) is 0 Å². The molecule has 2 aromatic rings. The van der Waals surface area contributed by atoms with Gasteiger partial charge < -0.3 is 18.8 Å². The molecule has 0 N–H and O–H groups in total. The largest absolute Gasteiger partial charge is 0.463 e. The zero-order chi connectivity index (χ0) is 21.2. The van der Waals surface area contributed by atoms with Crippen LogP contribution in [-0.2, 0) is 23.9 Å². The van der Waals surface area contributed by atoms with Crippen LogP contribution >= 0.6 is 0 Å². The number of carbonyl (C=O) groups excluding carboxylic acids is 2. The molecule has 0 bridgehead atoms. The Morgan fingerprint density at radius 3 is 2.55 bits per heavy atom. The van der Waals surface area contributed by atoms with E-state index in [1.165, 1.54) is 12.1 Å². The number of carbonyl (C=O) groups is 2. The molecule has 1 fully saturated rings. The molecular weight excluding hydrogens is 383 g/mol. The van der Waals surface area contributed by atoms with Crippen molar-refractivity contribution in [3.8, 4) is 0 Å². The molecule has 1 aliphatic rings. The number of piperidine rings is 1. The molecule has 0 spiro atoms. The summed E-state index contributed by atoms with van der Waals surface area (Å²) in [6, 6.07) is 4.37. The second-order valence-electron chi connectivity index (χ2n) is 6.32. The van der Waals surface area contributed by atoms with E-state index in [0.717, 1.165) is 23.2 Å². The van der Waals surface area contributed by atoms with Crippen LogP contribution in [0.5, 0.6) is 0 Å². The van der Waals surface area contributed by atoms with E-state index in [1.54, 1.807) is 32.3 Å². The van der Waals surface area contributed by atoms with Gasteiger partial charge in [-0.05, 0) is 31.9 Å². The fourth-order valence-electron chi connectivity index (χ4n) is 2.93. The van der Waals surface area contributed by atoms with Crippen molar-refractivity contribution in [3.05, 3.63) is 41.9 Å². The molecule has 2 heterocycles. The van der Waals surface area contributed by atoms with Crippen molar-refractivity contribution < 1.29 is 32.8 Å². The van der Waals surface area contributed by atoms with Crippen LogP contribution in [0.15, 0.2) is 34.9 Å². The minimum atomic E-state index is -0.626. The van der Waals surface area contributed by atoms with Crippen LogP contribution in [0, 0.1) is 5.82 Å². The zero-order valence-electron chi connectivity index (χ0n) is 16.7. The van der Waals surface area contributed by atoms with E-state index >= 15 is 0 Å². The van der Waals surface area contributed by atoms with Crippen molar-refractivity contribution in [2.75, 3.05) is 33.9 Å². The maximum atomic E-state index is 13.2. The van der Waals surface area contributed by atoms with Gasteiger partial charge in [-0.15, -0.1) is 5.06 Å². The van der Waals surface area contributed by atoms with Crippen LogP contribution in [0.25, 0.3) is 11.0 Å². The standard InChI is InChI=1S/C18H19FN2O5.C2H6O/c1-2-24-16(22)5-6-17(23)26-21-9-7-12(8-10-21)18-14-4-3-13(19)11-15(14)25-20-18;1-3-2/h3-6,11-12H,2,7-10H2,1H3;1-2H3/b6-5+;. The molecule has 0 atom stereocenters. The number of ether oxygens (including phenoxy) is 2. The minimum Gasteiger partial charge on any atom is -0.463 e. The molecule has 0 aliphatic carbocycles. The summed E-state index contributed by atoms with van der Waals surface area (Å²) >= 11 is 0. The van der Waals surface area contributed by atoms with Crippen molar-refractivity contribution in [1.82, 2.24) is 10.2 Å². The maximum Gasteiger partial charge on any atom is 0.349 e. The number of fused-ring (bicyclic) bond motifs is 1. The number of esters is 1. The summed E-state index contributed by atoms with van der Waals surface area (Å²) in [5.74, 6) is -1.43. The third-order valence-electron chi connectivity index (χ3n) is 4.16. The van der Waals surface area contributed by atoms with E-state index in [0.29, 0.717) is 31.5 Å². The van der Waals surface area contributed by atoms with Crippen molar-refractivity contribution in [3.63, 3.8) is 0 Å². The van der Waals surface area contributed by atoms with Gasteiger partial charge >= 0.3 is 11.9 Å². The average molecular weight is 408 g/mol. The molecule has 1 aromatic carbocycles. The Morgan fingerprint density at radius 2 is 1.90 bits per heavy atom. The first-order valence-electron chi connectivity index (χ1n) is 9.25. The fraction of sp³-hybridized carbons (Fsp3) is 0.450. The summed E-state index contributed by atoms with van der Waals surface area (Å²) in [6.45, 7) is 2.98. The fourth-order valence-corrected chi connectivity index (χ4v) is 2.93. The quantitative estimate of drug-likeness (QED) is 0.551. The highest BCUT2D eigenvalue weighted by atomic mass is 19.1. The number of methoxy groups -OCH3 is 1. The van der Waals surface area contributed by atoms with E-state index in [4.69, 9.17) is 14.1 Å². The molecule has 0 radical (unpaired) electrons. The SMILES string of the molecule is CCOC(=O)/C=C/C(=O)ON1CCC(c2noc3cc(F)ccc23)CC1.COC. The molecule has 29 heavy (non-hydrogen) atoms. The third-order valence-corrected chi connectivity index (χ3v) is 4.16. The Morgan fingerprint density at radius 1 is 1.24 bits per heavy atom. The highest BCUT2D eigenvalue weighted by Crippen LogP contribution is 2.32. The molecule has 1 aromatic heterocycles. The van der Waals surface area contributed by atoms with Crippen molar-refractivity contribution in [2.45, 2.75) is 25.7 Å². The molecule has 8 nitrogen and oxygen atoms in total. The summed E-state index contributed by atoms with van der Waals surface area (Å²) in [5, 5.41) is 6.44. The predicted octanol–water partition coefficient (Wildman–Crippen LogP) is 2.99. The lowest BCUT2D eigenvalue weighted by Gasteiger charge is -2.29. The Labute approximate surface area is 168 Å². The van der Waals surface area contributed by atoms with Gasteiger partial charge in [-0.2, -0.15) is 0 Å². The second kappa shape index (κ2) is 11.3. The Hall–Kier alpha value is -2.78. The van der Waals surface area contributed by atoms with E-state index < -0.39 is 11.9 Å². The van der Waals surface area contributed by atoms with Gasteiger partial charge in [0.25, 0.3) is 0 Å². The van der Waals surface area contributed by atoms with E-state index in [9.17, 15) is 14.0 Å². The normalized spacial score (nSPS) is 15.2. The molecule has 1 aliphatic heterocycles. The highest BCUT2D eigenvalue weighted by Gasteiger charge is 2.26. The van der Waals surface area contributed by atoms with Gasteiger partial charge in [0.15, 0.2) is 5.58 Å². The lowest BCUT2D eigenvalue weighted by Crippen LogP contribution is -2.34. The molecule has 0 unspecified atom stereocenters. The average Bonchev–Trinajstić information content (AvgIpc) is 3.11. The monoisotopic (exact) mass is 408 g/mol. The summed E-state index contributed by atoms with van der Waals surface area (Å²) in [7, 11) is 3.25. The van der Waals surface area contributed by atoms with Gasteiger partial charge in [-0.1, -0.05) is 5.16 Å². The molecule has 3 rings (SSSR count). The third kappa shape index (κ3) is 6.65. The number of hydroxylamine groups is 2. The summed E-state index contributed by atoms with van der Waals surface area (Å²) in [6.07, 6.45) is 3.52. The first kappa shape index (κ1) is 22.5. The van der Waals surface area contributed by atoms with Crippen LogP contribution in [0.1, 0.15) is 31.4 Å². The topological polar surface area (TPSA) is 91.1 Å². The van der Waals surface area contributed by atoms with E-state index in [2.05, 4.69) is 9.89 Å². The number of halogens is 1. The van der Waals surface area contributed by atoms with E-state index in [1.807, 2.05) is 0 Å². The lowest BCUT2D eigenvalue weighted by atomic mass is 9.92. The first-order valence-corrected chi connectivity index (χ1v) is 9.25. The Kier molecular flexibility index (Phi) is 8.75. The summed E-state index contributed by atoms with van der Waals surface area (Å²) < 4.78 is 27.4. The van der Waals surface area contributed by atoms with Gasteiger partial charge in [0.05, 0.1) is 12.3 Å². The van der Waals surface area contributed by atoms with Crippen LogP contribution < -0.4 is 0 Å².